The van der Waals surface area contributed by atoms with E-state index < -0.39 is 5.97 Å². The first-order chi connectivity index (χ1) is 15.9. The molecule has 0 fully saturated rings. The first kappa shape index (κ1) is 20.8. The fourth-order valence-corrected chi connectivity index (χ4v) is 4.62. The van der Waals surface area contributed by atoms with E-state index in [0.29, 0.717) is 23.1 Å². The summed E-state index contributed by atoms with van der Waals surface area (Å²) in [6.07, 6.45) is 0.319. The molecule has 1 aromatic heterocycles. The van der Waals surface area contributed by atoms with Crippen LogP contribution in [0.2, 0.25) is 0 Å². The van der Waals surface area contributed by atoms with Crippen molar-refractivity contribution >= 4 is 45.1 Å². The maximum Gasteiger partial charge on any atom is 0.331 e. The molecule has 0 saturated heterocycles. The summed E-state index contributed by atoms with van der Waals surface area (Å²) in [6, 6.07) is 17.2. The molecule has 0 spiro atoms. The van der Waals surface area contributed by atoms with E-state index in [-0.39, 0.29) is 17.3 Å². The second-order valence-electron chi connectivity index (χ2n) is 8.27. The van der Waals surface area contributed by atoms with Gasteiger partial charge in [0.25, 0.3) is 0 Å². The molecule has 164 valence electrons. The predicted octanol–water partition coefficient (Wildman–Crippen LogP) is 5.01. The molecular weight excluding hydrogens is 416 g/mol. The van der Waals surface area contributed by atoms with Crippen LogP contribution in [0.15, 0.2) is 59.8 Å². The van der Waals surface area contributed by atoms with E-state index in [0.717, 1.165) is 39.5 Å². The summed E-state index contributed by atoms with van der Waals surface area (Å²) >= 11 is 0. The lowest BCUT2D eigenvalue weighted by atomic mass is 9.97. The fraction of sp³-hybridized carbons (Fsp3) is 0.185. The van der Waals surface area contributed by atoms with Crippen LogP contribution in [-0.2, 0) is 22.6 Å². The number of hydrogen-bond donors (Lipinski definition) is 0. The van der Waals surface area contributed by atoms with Gasteiger partial charge in [0.05, 0.1) is 0 Å². The number of fused-ring (bicyclic) bond motifs is 4. The summed E-state index contributed by atoms with van der Waals surface area (Å²) in [5, 5.41) is 5.58. The highest BCUT2D eigenvalue weighted by Crippen LogP contribution is 2.35. The number of rotatable bonds is 4. The van der Waals surface area contributed by atoms with Crippen molar-refractivity contribution < 1.29 is 19.2 Å². The molecule has 0 bridgehead atoms. The van der Waals surface area contributed by atoms with Gasteiger partial charge in [-0.1, -0.05) is 29.4 Å². The number of nitrogens with zero attached hydrogens (tertiary/aromatic N) is 2. The largest absolute Gasteiger partial charge is 0.341 e. The van der Waals surface area contributed by atoms with Crippen LogP contribution in [0.5, 0.6) is 0 Å². The highest BCUT2D eigenvalue weighted by molar-refractivity contribution is 6.49. The lowest BCUT2D eigenvalue weighted by Gasteiger charge is -2.06. The molecule has 33 heavy (non-hydrogen) atoms. The molecule has 0 N–H and O–H groups in total. The number of carbonyl (C=O) groups is 3. The van der Waals surface area contributed by atoms with Crippen molar-refractivity contribution in [3.05, 3.63) is 82.4 Å². The average molecular weight is 438 g/mol. The van der Waals surface area contributed by atoms with Gasteiger partial charge in [0.2, 0.25) is 5.78 Å². The third kappa shape index (κ3) is 3.35. The number of ketones is 2. The van der Waals surface area contributed by atoms with Gasteiger partial charge in [-0.25, -0.2) is 4.79 Å². The molecule has 1 aliphatic carbocycles. The molecule has 1 aliphatic rings. The van der Waals surface area contributed by atoms with Crippen molar-refractivity contribution in [3.8, 4) is 0 Å². The van der Waals surface area contributed by atoms with Gasteiger partial charge in [-0.05, 0) is 55.3 Å². The van der Waals surface area contributed by atoms with Gasteiger partial charge >= 0.3 is 5.97 Å². The van der Waals surface area contributed by atoms with Gasteiger partial charge in [-0.3, -0.25) is 9.59 Å². The molecule has 4 aromatic rings. The number of oxime groups is 1. The Morgan fingerprint density at radius 1 is 1.03 bits per heavy atom. The Morgan fingerprint density at radius 3 is 2.52 bits per heavy atom. The second-order valence-corrected chi connectivity index (χ2v) is 8.27. The zero-order chi connectivity index (χ0) is 23.3. The molecule has 5 rings (SSSR count). The highest BCUT2D eigenvalue weighted by Gasteiger charge is 2.29. The third-order valence-corrected chi connectivity index (χ3v) is 6.21. The fourth-order valence-electron chi connectivity index (χ4n) is 4.62. The predicted molar refractivity (Wildman–Crippen MR) is 127 cm³/mol. The van der Waals surface area contributed by atoms with E-state index in [1.54, 1.807) is 0 Å². The molecule has 6 nitrogen and oxygen atoms in total. The van der Waals surface area contributed by atoms with E-state index in [1.807, 2.05) is 61.5 Å². The summed E-state index contributed by atoms with van der Waals surface area (Å²) < 4.78 is 2.18. The van der Waals surface area contributed by atoms with Crippen LogP contribution in [0.4, 0.5) is 0 Å². The topological polar surface area (TPSA) is 77.7 Å². The summed E-state index contributed by atoms with van der Waals surface area (Å²) in [5.74, 6) is -0.830. The van der Waals surface area contributed by atoms with E-state index in [2.05, 4.69) is 16.6 Å². The monoisotopic (exact) mass is 438 g/mol. The van der Waals surface area contributed by atoms with Crippen LogP contribution in [-0.4, -0.2) is 27.8 Å². The quantitative estimate of drug-likeness (QED) is 0.255. The van der Waals surface area contributed by atoms with Gasteiger partial charge in [-0.15, -0.1) is 0 Å². The van der Waals surface area contributed by atoms with Crippen molar-refractivity contribution in [2.45, 2.75) is 33.7 Å². The molecule has 0 atom stereocenters. The van der Waals surface area contributed by atoms with Crippen LogP contribution in [0.25, 0.3) is 21.8 Å². The maximum atomic E-state index is 13.2. The van der Waals surface area contributed by atoms with Gasteiger partial charge in [0.1, 0.15) is 5.71 Å². The molecule has 3 aromatic carbocycles. The first-order valence-corrected chi connectivity index (χ1v) is 10.9. The molecule has 6 heteroatoms. The highest BCUT2D eigenvalue weighted by atomic mass is 16.7. The minimum absolute atomic E-state index is 0.0274. The SMILES string of the molecule is CCn1c2ccc(C(=O)c3ccccc3C)cc2c2cc3c(cc21)CC(=NOC(C)=O)C3=O. The minimum Gasteiger partial charge on any atom is -0.341 e. The Bertz CT molecular complexity index is 1520. The number of carbonyl (C=O) groups excluding carboxylic acids is 3. The number of aromatic nitrogens is 1. The van der Waals surface area contributed by atoms with Crippen molar-refractivity contribution in [2.75, 3.05) is 0 Å². The van der Waals surface area contributed by atoms with Crippen LogP contribution in [0.1, 0.15) is 51.3 Å². The van der Waals surface area contributed by atoms with Gasteiger partial charge in [0.15, 0.2) is 5.78 Å². The Morgan fingerprint density at radius 2 is 1.79 bits per heavy atom. The average Bonchev–Trinajstić information content (AvgIpc) is 3.29. The van der Waals surface area contributed by atoms with Gasteiger partial charge in [0, 0.05) is 58.4 Å². The Hall–Kier alpha value is -4.06. The molecule has 0 amide bonds. The number of hydrogen-bond acceptors (Lipinski definition) is 5. The van der Waals surface area contributed by atoms with E-state index in [9.17, 15) is 14.4 Å². The van der Waals surface area contributed by atoms with E-state index in [4.69, 9.17) is 4.84 Å². The van der Waals surface area contributed by atoms with Crippen LogP contribution in [0.3, 0.4) is 0 Å². The molecular formula is C27H22N2O4. The summed E-state index contributed by atoms with van der Waals surface area (Å²) in [5.41, 5.74) is 5.85. The number of aryl methyl sites for hydroxylation is 2. The van der Waals surface area contributed by atoms with E-state index >= 15 is 0 Å². The normalized spacial score (nSPS) is 14.3. The van der Waals surface area contributed by atoms with Crippen LogP contribution < -0.4 is 0 Å². The first-order valence-electron chi connectivity index (χ1n) is 10.9. The van der Waals surface area contributed by atoms with Crippen molar-refractivity contribution in [2.24, 2.45) is 5.16 Å². The Kier molecular flexibility index (Phi) is 4.93. The molecule has 0 saturated carbocycles. The summed E-state index contributed by atoms with van der Waals surface area (Å²) in [4.78, 5) is 41.9. The molecule has 0 unspecified atom stereocenters. The molecule has 1 heterocycles. The van der Waals surface area contributed by atoms with Crippen LogP contribution >= 0.6 is 0 Å². The standard InChI is InChI=1S/C27H22N2O4/c1-4-29-24-10-9-17(26(31)19-8-6-5-7-15(19)2)11-21(24)22-14-20-18(13-25(22)29)12-23(27(20)32)28-33-16(3)30/h5-11,13-14H,4,12H2,1-3H3. The van der Waals surface area contributed by atoms with Gasteiger partial charge in [-0.2, -0.15) is 0 Å². The zero-order valence-corrected chi connectivity index (χ0v) is 18.6. The second kappa shape index (κ2) is 7.81. The minimum atomic E-state index is -0.564. The van der Waals surface area contributed by atoms with Crippen molar-refractivity contribution in [1.29, 1.82) is 0 Å². The lowest BCUT2D eigenvalue weighted by molar-refractivity contribution is -0.140. The van der Waals surface area contributed by atoms with Crippen molar-refractivity contribution in [3.63, 3.8) is 0 Å². The maximum absolute atomic E-state index is 13.2. The van der Waals surface area contributed by atoms with E-state index in [1.165, 1.54) is 6.92 Å². The summed E-state index contributed by atoms with van der Waals surface area (Å²) in [7, 11) is 0. The third-order valence-electron chi connectivity index (χ3n) is 6.21. The Labute approximate surface area is 190 Å². The lowest BCUT2D eigenvalue weighted by Crippen LogP contribution is -2.09. The van der Waals surface area contributed by atoms with Crippen LogP contribution in [0, 0.1) is 6.92 Å². The number of Topliss-reactive ketones (excluding diaryl/α,β-unsaturated/α-hetero) is 1. The Balaban J connectivity index is 1.67. The molecule has 0 radical (unpaired) electrons. The van der Waals surface area contributed by atoms with Crippen molar-refractivity contribution in [1.82, 2.24) is 4.57 Å². The smallest absolute Gasteiger partial charge is 0.331 e. The zero-order valence-electron chi connectivity index (χ0n) is 18.6. The molecule has 0 aliphatic heterocycles. The number of benzene rings is 3. The summed E-state index contributed by atoms with van der Waals surface area (Å²) in [6.45, 7) is 5.99. The van der Waals surface area contributed by atoms with Gasteiger partial charge < -0.3 is 9.40 Å².